The van der Waals surface area contributed by atoms with Crippen molar-refractivity contribution in [2.45, 2.75) is 0 Å². The van der Waals surface area contributed by atoms with E-state index in [0.717, 1.165) is 11.3 Å². The number of ether oxygens (including phenoxy) is 2. The van der Waals surface area contributed by atoms with Crippen LogP contribution >= 0.6 is 12.4 Å². The first-order valence-corrected chi connectivity index (χ1v) is 5.28. The zero-order valence-electron chi connectivity index (χ0n) is 9.96. The lowest BCUT2D eigenvalue weighted by Gasteiger charge is -2.03. The molecule has 0 saturated carbocycles. The second kappa shape index (κ2) is 6.88. The van der Waals surface area contributed by atoms with E-state index in [9.17, 15) is 0 Å². The summed E-state index contributed by atoms with van der Waals surface area (Å²) in [5.74, 6) is 1.76. The highest BCUT2D eigenvalue weighted by Gasteiger charge is 2.11. The highest BCUT2D eigenvalue weighted by molar-refractivity contribution is 5.85. The third-order valence-electron chi connectivity index (χ3n) is 2.23. The second-order valence-electron chi connectivity index (χ2n) is 3.37. The third kappa shape index (κ3) is 3.15. The van der Waals surface area contributed by atoms with Crippen LogP contribution in [-0.2, 0) is 0 Å². The molecule has 1 heterocycles. The van der Waals surface area contributed by atoms with E-state index in [1.165, 1.54) is 0 Å². The number of halogens is 1. The van der Waals surface area contributed by atoms with E-state index in [1.807, 2.05) is 24.3 Å². The number of hydrogen-bond donors (Lipinski definition) is 1. The predicted molar refractivity (Wildman–Crippen MR) is 70.3 cm³/mol. The molecule has 0 aliphatic heterocycles. The fourth-order valence-corrected chi connectivity index (χ4v) is 1.47. The molecule has 2 N–H and O–H groups in total. The monoisotopic (exact) mass is 270 g/mol. The van der Waals surface area contributed by atoms with Crippen molar-refractivity contribution in [1.82, 2.24) is 5.16 Å². The first-order chi connectivity index (χ1) is 8.35. The van der Waals surface area contributed by atoms with E-state index >= 15 is 0 Å². The number of aromatic nitrogens is 1. The molecule has 2 rings (SSSR count). The molecule has 0 spiro atoms. The van der Waals surface area contributed by atoms with Crippen LogP contribution in [0.1, 0.15) is 0 Å². The van der Waals surface area contributed by atoms with Gasteiger partial charge in [0.1, 0.15) is 12.4 Å². The third-order valence-corrected chi connectivity index (χ3v) is 2.23. The Morgan fingerprint density at radius 1 is 1.33 bits per heavy atom. The summed E-state index contributed by atoms with van der Waals surface area (Å²) in [5.41, 5.74) is 6.17. The summed E-state index contributed by atoms with van der Waals surface area (Å²) < 4.78 is 15.7. The van der Waals surface area contributed by atoms with E-state index in [2.05, 4.69) is 5.16 Å². The molecule has 1 aromatic carbocycles. The van der Waals surface area contributed by atoms with Crippen LogP contribution in [0.2, 0.25) is 0 Å². The summed E-state index contributed by atoms with van der Waals surface area (Å²) in [7, 11) is 1.61. The van der Waals surface area contributed by atoms with E-state index in [4.69, 9.17) is 19.7 Å². The molecular formula is C12H15ClN2O3. The van der Waals surface area contributed by atoms with Crippen molar-refractivity contribution in [2.24, 2.45) is 5.73 Å². The molecule has 6 heteroatoms. The van der Waals surface area contributed by atoms with Gasteiger partial charge in [-0.2, -0.15) is 0 Å². The zero-order valence-corrected chi connectivity index (χ0v) is 10.8. The number of para-hydroxylation sites is 1. The minimum absolute atomic E-state index is 0. The van der Waals surface area contributed by atoms with Gasteiger partial charge in [-0.3, -0.25) is 0 Å². The molecule has 0 radical (unpaired) electrons. The number of nitrogens with two attached hydrogens (primary N) is 1. The molecule has 0 aliphatic carbocycles. The molecule has 0 aliphatic rings. The largest absolute Gasteiger partial charge is 0.496 e. The van der Waals surface area contributed by atoms with Crippen LogP contribution in [0.25, 0.3) is 11.3 Å². The van der Waals surface area contributed by atoms with Crippen molar-refractivity contribution < 1.29 is 14.0 Å². The lowest BCUT2D eigenvalue weighted by molar-refractivity contribution is 0.288. The van der Waals surface area contributed by atoms with Gasteiger partial charge in [-0.1, -0.05) is 12.1 Å². The normalized spacial score (nSPS) is 9.67. The second-order valence-corrected chi connectivity index (χ2v) is 3.37. The van der Waals surface area contributed by atoms with Crippen molar-refractivity contribution in [3.63, 3.8) is 0 Å². The smallest absolute Gasteiger partial charge is 0.254 e. The Kier molecular flexibility index (Phi) is 5.48. The number of benzene rings is 1. The number of hydrogen-bond acceptors (Lipinski definition) is 5. The van der Waals surface area contributed by atoms with Gasteiger partial charge < -0.3 is 19.7 Å². The van der Waals surface area contributed by atoms with Crippen LogP contribution in [0.5, 0.6) is 11.6 Å². The standard InChI is InChI=1S/C12H14N2O3.ClH/c1-15-10-5-3-2-4-9(10)11-8-12(14-17-11)16-7-6-13;/h2-5,8H,6-7,13H2,1H3;1H. The van der Waals surface area contributed by atoms with E-state index in [1.54, 1.807) is 13.2 Å². The molecule has 98 valence electrons. The average molecular weight is 271 g/mol. The lowest BCUT2D eigenvalue weighted by Crippen LogP contribution is -2.10. The molecule has 5 nitrogen and oxygen atoms in total. The van der Waals surface area contributed by atoms with Gasteiger partial charge in [-0.25, -0.2) is 0 Å². The van der Waals surface area contributed by atoms with Crippen LogP contribution in [0.15, 0.2) is 34.9 Å². The molecule has 2 aromatic rings. The fraction of sp³-hybridized carbons (Fsp3) is 0.250. The SMILES string of the molecule is COc1ccccc1-c1cc(OCCN)no1.Cl. The van der Waals surface area contributed by atoms with Crippen LogP contribution < -0.4 is 15.2 Å². The summed E-state index contributed by atoms with van der Waals surface area (Å²) in [4.78, 5) is 0. The summed E-state index contributed by atoms with van der Waals surface area (Å²) in [6.45, 7) is 0.856. The van der Waals surface area contributed by atoms with E-state index in [0.29, 0.717) is 24.8 Å². The summed E-state index contributed by atoms with van der Waals surface area (Å²) in [5, 5.41) is 3.80. The van der Waals surface area contributed by atoms with Gasteiger partial charge in [0.05, 0.1) is 12.7 Å². The Labute approximate surface area is 111 Å². The molecule has 0 bridgehead atoms. The molecular weight excluding hydrogens is 256 g/mol. The van der Waals surface area contributed by atoms with Crippen molar-refractivity contribution in [1.29, 1.82) is 0 Å². The molecule has 0 atom stereocenters. The number of rotatable bonds is 5. The number of methoxy groups -OCH3 is 1. The Bertz CT molecular complexity index is 488. The van der Waals surface area contributed by atoms with Gasteiger partial charge in [0.25, 0.3) is 5.88 Å². The molecule has 0 amide bonds. The minimum atomic E-state index is 0. The van der Waals surface area contributed by atoms with Gasteiger partial charge in [-0.05, 0) is 17.3 Å². The van der Waals surface area contributed by atoms with Crippen LogP contribution in [0, 0.1) is 0 Å². The summed E-state index contributed by atoms with van der Waals surface area (Å²) in [6, 6.07) is 9.27. The first-order valence-electron chi connectivity index (χ1n) is 5.28. The minimum Gasteiger partial charge on any atom is -0.496 e. The predicted octanol–water partition coefficient (Wildman–Crippen LogP) is 2.11. The van der Waals surface area contributed by atoms with Crippen molar-refractivity contribution in [2.75, 3.05) is 20.3 Å². The molecule has 0 unspecified atom stereocenters. The lowest BCUT2D eigenvalue weighted by atomic mass is 10.1. The van der Waals surface area contributed by atoms with Gasteiger partial charge in [0.2, 0.25) is 0 Å². The summed E-state index contributed by atoms with van der Waals surface area (Å²) >= 11 is 0. The van der Waals surface area contributed by atoms with Crippen LogP contribution in [-0.4, -0.2) is 25.4 Å². The van der Waals surface area contributed by atoms with E-state index < -0.39 is 0 Å². The van der Waals surface area contributed by atoms with Gasteiger partial charge in [0.15, 0.2) is 5.76 Å². The Morgan fingerprint density at radius 2 is 2.11 bits per heavy atom. The zero-order chi connectivity index (χ0) is 12.1. The maximum Gasteiger partial charge on any atom is 0.254 e. The Hall–Kier alpha value is -1.72. The van der Waals surface area contributed by atoms with E-state index in [-0.39, 0.29) is 12.4 Å². The van der Waals surface area contributed by atoms with Crippen LogP contribution in [0.3, 0.4) is 0 Å². The topological polar surface area (TPSA) is 70.5 Å². The number of nitrogens with zero attached hydrogens (tertiary/aromatic N) is 1. The quantitative estimate of drug-likeness (QED) is 0.901. The Morgan fingerprint density at radius 3 is 2.83 bits per heavy atom. The van der Waals surface area contributed by atoms with Crippen molar-refractivity contribution >= 4 is 12.4 Å². The van der Waals surface area contributed by atoms with Crippen LogP contribution in [0.4, 0.5) is 0 Å². The van der Waals surface area contributed by atoms with Gasteiger partial charge in [-0.15, -0.1) is 12.4 Å². The first kappa shape index (κ1) is 14.3. The average Bonchev–Trinajstić information content (AvgIpc) is 2.85. The highest BCUT2D eigenvalue weighted by Crippen LogP contribution is 2.31. The Balaban J connectivity index is 0.00000162. The van der Waals surface area contributed by atoms with Crippen molar-refractivity contribution in [3.8, 4) is 23.0 Å². The maximum atomic E-state index is 5.34. The molecule has 0 fully saturated rings. The molecule has 18 heavy (non-hydrogen) atoms. The fourth-order valence-electron chi connectivity index (χ4n) is 1.47. The maximum absolute atomic E-state index is 5.34. The molecule has 0 saturated heterocycles. The summed E-state index contributed by atoms with van der Waals surface area (Å²) in [6.07, 6.45) is 0. The van der Waals surface area contributed by atoms with Gasteiger partial charge >= 0.3 is 0 Å². The van der Waals surface area contributed by atoms with Crippen molar-refractivity contribution in [3.05, 3.63) is 30.3 Å². The molecule has 1 aromatic heterocycles. The highest BCUT2D eigenvalue weighted by atomic mass is 35.5. The van der Waals surface area contributed by atoms with Gasteiger partial charge in [0, 0.05) is 12.6 Å².